The smallest absolute Gasteiger partial charge is 0.231 e. The van der Waals surface area contributed by atoms with E-state index in [1.54, 1.807) is 11.3 Å². The molecule has 3 atom stereocenters. The summed E-state index contributed by atoms with van der Waals surface area (Å²) in [7, 11) is 0. The lowest BCUT2D eigenvalue weighted by Crippen LogP contribution is -2.54. The fourth-order valence-corrected chi connectivity index (χ4v) is 5.28. The second-order valence-corrected chi connectivity index (χ2v) is 9.12. The number of piperidine rings is 1. The van der Waals surface area contributed by atoms with Gasteiger partial charge in [0.25, 0.3) is 0 Å². The monoisotopic (exact) mass is 399 g/mol. The molecule has 1 aromatic heterocycles. The maximum absolute atomic E-state index is 12.8. The van der Waals surface area contributed by atoms with E-state index in [-0.39, 0.29) is 18.6 Å². The third-order valence-electron chi connectivity index (χ3n) is 6.26. The molecule has 1 saturated carbocycles. The second-order valence-electron chi connectivity index (χ2n) is 8.05. The van der Waals surface area contributed by atoms with Gasteiger partial charge in [-0.05, 0) is 55.8 Å². The first-order valence-electron chi connectivity index (χ1n) is 9.95. The average molecular weight is 400 g/mol. The molecule has 0 spiro atoms. The van der Waals surface area contributed by atoms with Crippen LogP contribution in [-0.4, -0.2) is 35.7 Å². The van der Waals surface area contributed by atoms with Crippen LogP contribution >= 0.6 is 11.3 Å². The Balaban J connectivity index is 1.15. The van der Waals surface area contributed by atoms with E-state index in [1.807, 2.05) is 25.1 Å². The number of likely N-dealkylation sites (tertiary alicyclic amines) is 1. The Morgan fingerprint density at radius 3 is 3.11 bits per heavy atom. The van der Waals surface area contributed by atoms with Crippen molar-refractivity contribution in [3.63, 3.8) is 0 Å². The van der Waals surface area contributed by atoms with Crippen LogP contribution in [0, 0.1) is 24.7 Å². The first-order chi connectivity index (χ1) is 13.7. The summed E-state index contributed by atoms with van der Waals surface area (Å²) in [6.07, 6.45) is 2.22. The molecule has 2 aliphatic heterocycles. The van der Waals surface area contributed by atoms with Crippen molar-refractivity contribution < 1.29 is 14.3 Å². The SMILES string of the molecule is Cc1nc(CN2CC[C@@H]3C[C@@H](C(=O)NCc4ccc5c(c4)OCO5)[C@@H]3C2)cs1. The number of hydrogen-bond donors (Lipinski definition) is 1. The Morgan fingerprint density at radius 1 is 1.36 bits per heavy atom. The molecular weight excluding hydrogens is 374 g/mol. The Kier molecular flexibility index (Phi) is 4.72. The number of benzene rings is 1. The van der Waals surface area contributed by atoms with Crippen molar-refractivity contribution in [2.24, 2.45) is 17.8 Å². The number of carbonyl (C=O) groups excluding carboxylic acids is 1. The van der Waals surface area contributed by atoms with Crippen LogP contribution in [0.3, 0.4) is 0 Å². The number of rotatable bonds is 5. The van der Waals surface area contributed by atoms with Crippen LogP contribution in [-0.2, 0) is 17.9 Å². The predicted molar refractivity (Wildman–Crippen MR) is 106 cm³/mol. The number of fused-ring (bicyclic) bond motifs is 2. The molecule has 148 valence electrons. The van der Waals surface area contributed by atoms with E-state index in [9.17, 15) is 4.79 Å². The molecule has 0 unspecified atom stereocenters. The van der Waals surface area contributed by atoms with E-state index in [1.165, 1.54) is 6.42 Å². The van der Waals surface area contributed by atoms with Crippen molar-refractivity contribution >= 4 is 17.2 Å². The van der Waals surface area contributed by atoms with Gasteiger partial charge in [-0.25, -0.2) is 4.98 Å². The minimum absolute atomic E-state index is 0.138. The lowest BCUT2D eigenvalue weighted by molar-refractivity contribution is -0.137. The first-order valence-corrected chi connectivity index (χ1v) is 10.8. The summed E-state index contributed by atoms with van der Waals surface area (Å²) in [4.78, 5) is 19.8. The number of ether oxygens (including phenoxy) is 2. The summed E-state index contributed by atoms with van der Waals surface area (Å²) in [5.74, 6) is 3.04. The molecule has 1 aliphatic carbocycles. The fraction of sp³-hybridized carbons (Fsp3) is 0.524. The Bertz CT molecular complexity index is 884. The van der Waals surface area contributed by atoms with Gasteiger partial charge in [-0.3, -0.25) is 9.69 Å². The van der Waals surface area contributed by atoms with Gasteiger partial charge < -0.3 is 14.8 Å². The number of nitrogens with one attached hydrogen (secondary N) is 1. The molecule has 6 nitrogen and oxygen atoms in total. The van der Waals surface area contributed by atoms with Gasteiger partial charge in [0, 0.05) is 30.9 Å². The Morgan fingerprint density at radius 2 is 2.25 bits per heavy atom. The Labute approximate surface area is 168 Å². The molecule has 0 bridgehead atoms. The van der Waals surface area contributed by atoms with Crippen LogP contribution < -0.4 is 14.8 Å². The molecule has 28 heavy (non-hydrogen) atoms. The van der Waals surface area contributed by atoms with Crippen molar-refractivity contribution in [1.29, 1.82) is 0 Å². The average Bonchev–Trinajstić information content (AvgIpc) is 3.30. The molecule has 1 saturated heterocycles. The fourth-order valence-electron chi connectivity index (χ4n) is 4.68. The zero-order valence-electron chi connectivity index (χ0n) is 16.0. The number of aromatic nitrogens is 1. The highest BCUT2D eigenvalue weighted by molar-refractivity contribution is 7.09. The molecule has 1 aromatic carbocycles. The third kappa shape index (κ3) is 3.49. The van der Waals surface area contributed by atoms with Crippen molar-refractivity contribution in [2.75, 3.05) is 19.9 Å². The van der Waals surface area contributed by atoms with E-state index < -0.39 is 0 Å². The summed E-state index contributed by atoms with van der Waals surface area (Å²) in [6.45, 7) is 5.87. The lowest BCUT2D eigenvalue weighted by atomic mass is 9.61. The standard InChI is InChI=1S/C21H25N3O3S/c1-13-23-16(11-28-13)9-24-5-4-15-7-17(18(15)10-24)21(25)22-8-14-2-3-19-20(6-14)27-12-26-19/h2-3,6,11,15,17-18H,4-5,7-10,12H2,1H3,(H,22,25)/t15-,17-,18-/m1/s1. The molecule has 5 rings (SSSR count). The van der Waals surface area contributed by atoms with Crippen LogP contribution in [0.2, 0.25) is 0 Å². The number of thiazole rings is 1. The van der Waals surface area contributed by atoms with Gasteiger partial charge in [0.15, 0.2) is 11.5 Å². The van der Waals surface area contributed by atoms with Crippen molar-refractivity contribution in [3.05, 3.63) is 39.8 Å². The summed E-state index contributed by atoms with van der Waals surface area (Å²) in [5, 5.41) is 6.40. The number of nitrogens with zero attached hydrogens (tertiary/aromatic N) is 2. The maximum atomic E-state index is 12.8. The quantitative estimate of drug-likeness (QED) is 0.838. The molecule has 2 fully saturated rings. The molecule has 3 aliphatic rings. The minimum atomic E-state index is 0.138. The van der Waals surface area contributed by atoms with E-state index in [0.717, 1.165) is 53.8 Å². The van der Waals surface area contributed by atoms with Gasteiger partial charge in [0.1, 0.15) is 0 Å². The molecular formula is C21H25N3O3S. The van der Waals surface area contributed by atoms with Gasteiger partial charge in [-0.2, -0.15) is 0 Å². The topological polar surface area (TPSA) is 63.7 Å². The first kappa shape index (κ1) is 17.9. The minimum Gasteiger partial charge on any atom is -0.454 e. The molecule has 2 aromatic rings. The molecule has 1 amide bonds. The zero-order chi connectivity index (χ0) is 19.1. The van der Waals surface area contributed by atoms with E-state index in [4.69, 9.17) is 9.47 Å². The van der Waals surface area contributed by atoms with Gasteiger partial charge in [0.05, 0.1) is 10.7 Å². The highest BCUT2D eigenvalue weighted by Gasteiger charge is 2.47. The van der Waals surface area contributed by atoms with Crippen LogP contribution in [0.25, 0.3) is 0 Å². The summed E-state index contributed by atoms with van der Waals surface area (Å²) in [5.41, 5.74) is 2.20. The highest BCUT2D eigenvalue weighted by Crippen LogP contribution is 2.46. The van der Waals surface area contributed by atoms with E-state index in [0.29, 0.717) is 18.4 Å². The second kappa shape index (κ2) is 7.37. The van der Waals surface area contributed by atoms with Gasteiger partial charge in [0.2, 0.25) is 12.7 Å². The largest absolute Gasteiger partial charge is 0.454 e. The molecule has 3 heterocycles. The van der Waals surface area contributed by atoms with Crippen molar-refractivity contribution in [3.8, 4) is 11.5 Å². The lowest BCUT2D eigenvalue weighted by Gasteiger charge is -2.50. The van der Waals surface area contributed by atoms with E-state index in [2.05, 4.69) is 20.6 Å². The third-order valence-corrected chi connectivity index (χ3v) is 7.08. The molecule has 0 radical (unpaired) electrons. The summed E-state index contributed by atoms with van der Waals surface area (Å²) >= 11 is 1.71. The van der Waals surface area contributed by atoms with Crippen molar-refractivity contribution in [1.82, 2.24) is 15.2 Å². The van der Waals surface area contributed by atoms with Gasteiger partial charge in [-0.15, -0.1) is 11.3 Å². The van der Waals surface area contributed by atoms with Crippen LogP contribution in [0.4, 0.5) is 0 Å². The number of amides is 1. The predicted octanol–water partition coefficient (Wildman–Crippen LogP) is 2.95. The molecule has 7 heteroatoms. The van der Waals surface area contributed by atoms with Crippen LogP contribution in [0.1, 0.15) is 29.1 Å². The summed E-state index contributed by atoms with van der Waals surface area (Å²) < 4.78 is 10.8. The molecule has 1 N–H and O–H groups in total. The zero-order valence-corrected chi connectivity index (χ0v) is 16.8. The number of aryl methyl sites for hydroxylation is 1. The highest BCUT2D eigenvalue weighted by atomic mass is 32.1. The van der Waals surface area contributed by atoms with Gasteiger partial charge >= 0.3 is 0 Å². The van der Waals surface area contributed by atoms with Crippen LogP contribution in [0.15, 0.2) is 23.6 Å². The van der Waals surface area contributed by atoms with Gasteiger partial charge in [-0.1, -0.05) is 6.07 Å². The number of hydrogen-bond acceptors (Lipinski definition) is 6. The summed E-state index contributed by atoms with van der Waals surface area (Å²) in [6, 6.07) is 5.84. The normalized spacial score (nSPS) is 25.8. The van der Waals surface area contributed by atoms with Crippen molar-refractivity contribution in [2.45, 2.75) is 32.9 Å². The Hall–Kier alpha value is -2.12. The van der Waals surface area contributed by atoms with E-state index >= 15 is 0 Å². The maximum Gasteiger partial charge on any atom is 0.231 e. The van der Waals surface area contributed by atoms with Crippen LogP contribution in [0.5, 0.6) is 11.5 Å². The number of carbonyl (C=O) groups is 1.